The van der Waals surface area contributed by atoms with Gasteiger partial charge in [0.2, 0.25) is 11.8 Å². The molecule has 0 aliphatic rings. The van der Waals surface area contributed by atoms with E-state index in [2.05, 4.69) is 15.8 Å². The molecule has 0 saturated carbocycles. The number of benzene rings is 2. The Labute approximate surface area is 187 Å². The summed E-state index contributed by atoms with van der Waals surface area (Å²) >= 11 is 5.93. The molecule has 0 heterocycles. The van der Waals surface area contributed by atoms with Gasteiger partial charge in [-0.1, -0.05) is 23.7 Å². The number of halogens is 1. The maximum Gasteiger partial charge on any atom is 0.242 e. The molecule has 0 saturated heterocycles. The highest BCUT2D eigenvalue weighted by Crippen LogP contribution is 2.22. The zero-order chi connectivity index (χ0) is 22.8. The fraction of sp³-hybridized carbons (Fsp3) is 0.348. The maximum atomic E-state index is 12.2. The van der Waals surface area contributed by atoms with E-state index in [4.69, 9.17) is 16.3 Å². The Bertz CT molecular complexity index is 944. The minimum Gasteiger partial charge on any atom is -0.493 e. The topological polar surface area (TPSA) is 100 Å². The summed E-state index contributed by atoms with van der Waals surface area (Å²) in [6.07, 6.45) is 0.145. The Balaban J connectivity index is 1.81. The number of nitrogens with one attached hydrogen (secondary N) is 2. The number of rotatable bonds is 10. The number of anilines is 1. The molecule has 31 heavy (non-hydrogen) atoms. The third-order valence-electron chi connectivity index (χ3n) is 4.34. The lowest BCUT2D eigenvalue weighted by Crippen LogP contribution is -2.23. The highest BCUT2D eigenvalue weighted by Gasteiger charge is 2.07. The van der Waals surface area contributed by atoms with Gasteiger partial charge in [0.1, 0.15) is 5.75 Å². The predicted octanol–water partition coefficient (Wildman–Crippen LogP) is 4.06. The number of aliphatic hydroxyl groups excluding tert-OH is 1. The van der Waals surface area contributed by atoms with E-state index < -0.39 is 6.10 Å². The number of hydrogen-bond acceptors (Lipinski definition) is 5. The number of ether oxygens (including phenoxy) is 1. The summed E-state index contributed by atoms with van der Waals surface area (Å²) in [7, 11) is 0. The van der Waals surface area contributed by atoms with E-state index >= 15 is 0 Å². The zero-order valence-electron chi connectivity index (χ0n) is 17.9. The highest BCUT2D eigenvalue weighted by molar-refractivity contribution is 6.30. The van der Waals surface area contributed by atoms with Crippen molar-refractivity contribution in [3.63, 3.8) is 0 Å². The minimum absolute atomic E-state index is 0.0197. The lowest BCUT2D eigenvalue weighted by Gasteiger charge is -2.10. The van der Waals surface area contributed by atoms with Crippen LogP contribution >= 0.6 is 11.6 Å². The fourth-order valence-electron chi connectivity index (χ4n) is 2.76. The molecule has 0 bridgehead atoms. The summed E-state index contributed by atoms with van der Waals surface area (Å²) in [5.74, 6) is 0.274. The Morgan fingerprint density at radius 1 is 1.19 bits per heavy atom. The number of hydrazone groups is 1. The van der Waals surface area contributed by atoms with E-state index in [0.29, 0.717) is 35.9 Å². The largest absolute Gasteiger partial charge is 0.493 e. The maximum absolute atomic E-state index is 12.2. The van der Waals surface area contributed by atoms with Gasteiger partial charge in [-0.2, -0.15) is 5.10 Å². The first-order chi connectivity index (χ1) is 14.7. The van der Waals surface area contributed by atoms with Crippen molar-refractivity contribution in [1.29, 1.82) is 0 Å². The number of aliphatic hydroxyl groups is 1. The molecule has 0 spiro atoms. The minimum atomic E-state index is -0.727. The number of aryl methyl sites for hydroxylation is 1. The molecule has 8 heteroatoms. The quantitative estimate of drug-likeness (QED) is 0.291. The molecule has 2 aromatic carbocycles. The van der Waals surface area contributed by atoms with Gasteiger partial charge in [0, 0.05) is 17.1 Å². The molecule has 0 aliphatic carbocycles. The Morgan fingerprint density at radius 3 is 2.68 bits per heavy atom. The van der Waals surface area contributed by atoms with E-state index in [1.807, 2.05) is 25.1 Å². The fourth-order valence-corrected chi connectivity index (χ4v) is 2.99. The van der Waals surface area contributed by atoms with Crippen LogP contribution in [0, 0.1) is 6.92 Å². The second-order valence-corrected chi connectivity index (χ2v) is 7.71. The molecule has 0 aromatic heterocycles. The molecule has 2 aromatic rings. The normalized spacial score (nSPS) is 12.2. The SMILES string of the molecule is C/C(=N/NC(=O)C[C@H](C)O)c1cccc(NC(=O)CCCOc2ccc(Cl)cc2C)c1. The van der Waals surface area contributed by atoms with E-state index in [1.165, 1.54) is 6.92 Å². The van der Waals surface area contributed by atoms with Gasteiger partial charge in [0.15, 0.2) is 0 Å². The first-order valence-corrected chi connectivity index (χ1v) is 10.4. The second kappa shape index (κ2) is 12.1. The van der Waals surface area contributed by atoms with Gasteiger partial charge in [-0.3, -0.25) is 9.59 Å². The zero-order valence-corrected chi connectivity index (χ0v) is 18.7. The van der Waals surface area contributed by atoms with Crippen LogP contribution in [-0.2, 0) is 9.59 Å². The van der Waals surface area contributed by atoms with Crippen LogP contribution in [0.4, 0.5) is 5.69 Å². The van der Waals surface area contributed by atoms with E-state index in [9.17, 15) is 14.7 Å². The van der Waals surface area contributed by atoms with Crippen LogP contribution in [0.3, 0.4) is 0 Å². The van der Waals surface area contributed by atoms with Crippen LogP contribution in [-0.4, -0.2) is 35.3 Å². The number of carbonyl (C=O) groups excluding carboxylic acids is 2. The lowest BCUT2D eigenvalue weighted by molar-refractivity contribution is -0.122. The van der Waals surface area contributed by atoms with Crippen molar-refractivity contribution in [2.24, 2.45) is 5.10 Å². The molecule has 166 valence electrons. The van der Waals surface area contributed by atoms with Crippen LogP contribution in [0.5, 0.6) is 5.75 Å². The molecule has 1 atom stereocenters. The molecule has 0 fully saturated rings. The summed E-state index contributed by atoms with van der Waals surface area (Å²) in [5.41, 5.74) is 5.35. The van der Waals surface area contributed by atoms with Crippen molar-refractivity contribution in [3.05, 3.63) is 58.6 Å². The molecule has 0 unspecified atom stereocenters. The molecule has 3 N–H and O–H groups in total. The highest BCUT2D eigenvalue weighted by atomic mass is 35.5. The molecule has 0 radical (unpaired) electrons. The monoisotopic (exact) mass is 445 g/mol. The molecule has 2 rings (SSSR count). The van der Waals surface area contributed by atoms with Crippen molar-refractivity contribution in [1.82, 2.24) is 5.43 Å². The average molecular weight is 446 g/mol. The number of hydrogen-bond donors (Lipinski definition) is 3. The van der Waals surface area contributed by atoms with E-state index in [-0.39, 0.29) is 18.2 Å². The van der Waals surface area contributed by atoms with Crippen LogP contribution in [0.2, 0.25) is 5.02 Å². The van der Waals surface area contributed by atoms with Crippen molar-refractivity contribution in [3.8, 4) is 5.75 Å². The molecule has 7 nitrogen and oxygen atoms in total. The van der Waals surface area contributed by atoms with Gasteiger partial charge in [0.25, 0.3) is 0 Å². The number of carbonyl (C=O) groups is 2. The Morgan fingerprint density at radius 2 is 1.97 bits per heavy atom. The summed E-state index contributed by atoms with van der Waals surface area (Å²) in [5, 5.41) is 16.8. The summed E-state index contributed by atoms with van der Waals surface area (Å²) in [6, 6.07) is 12.6. The van der Waals surface area contributed by atoms with Gasteiger partial charge < -0.3 is 15.2 Å². The summed E-state index contributed by atoms with van der Waals surface area (Å²) in [6.45, 7) is 5.63. The van der Waals surface area contributed by atoms with Gasteiger partial charge in [0.05, 0.1) is 24.8 Å². The van der Waals surface area contributed by atoms with E-state index in [1.54, 1.807) is 31.2 Å². The Hall–Kier alpha value is -2.90. The number of amides is 2. The summed E-state index contributed by atoms with van der Waals surface area (Å²) < 4.78 is 5.71. The van der Waals surface area contributed by atoms with Gasteiger partial charge >= 0.3 is 0 Å². The average Bonchev–Trinajstić information content (AvgIpc) is 2.70. The van der Waals surface area contributed by atoms with Crippen LogP contribution in [0.25, 0.3) is 0 Å². The van der Waals surface area contributed by atoms with Crippen molar-refractivity contribution in [2.75, 3.05) is 11.9 Å². The van der Waals surface area contributed by atoms with Crippen LogP contribution < -0.4 is 15.5 Å². The molecular weight excluding hydrogens is 418 g/mol. The van der Waals surface area contributed by atoms with Crippen molar-refractivity contribution in [2.45, 2.75) is 46.1 Å². The van der Waals surface area contributed by atoms with E-state index in [0.717, 1.165) is 16.9 Å². The number of nitrogens with zero attached hydrogens (tertiary/aromatic N) is 1. The smallest absolute Gasteiger partial charge is 0.242 e. The standard InChI is InChI=1S/C23H28ClN3O4/c1-15-12-19(24)9-10-21(15)31-11-5-8-22(29)25-20-7-4-6-18(14-20)17(3)26-27-23(30)13-16(2)28/h4,6-7,9-10,12,14,16,28H,5,8,11,13H2,1-3H3,(H,25,29)(H,27,30)/b26-17-/t16-/m0/s1. The van der Waals surface area contributed by atoms with Crippen LogP contribution in [0.15, 0.2) is 47.6 Å². The van der Waals surface area contributed by atoms with Gasteiger partial charge in [-0.15, -0.1) is 0 Å². The molecular formula is C23H28ClN3O4. The molecule has 0 aliphatic heterocycles. The lowest BCUT2D eigenvalue weighted by atomic mass is 10.1. The Kier molecular flexibility index (Phi) is 9.49. The van der Waals surface area contributed by atoms with Gasteiger partial charge in [-0.05, 0) is 68.7 Å². The van der Waals surface area contributed by atoms with Crippen molar-refractivity contribution < 1.29 is 19.4 Å². The van der Waals surface area contributed by atoms with Crippen LogP contribution in [0.1, 0.15) is 44.2 Å². The third-order valence-corrected chi connectivity index (χ3v) is 4.57. The van der Waals surface area contributed by atoms with Gasteiger partial charge in [-0.25, -0.2) is 5.43 Å². The molecule has 2 amide bonds. The first-order valence-electron chi connectivity index (χ1n) is 10.0. The summed E-state index contributed by atoms with van der Waals surface area (Å²) in [4.78, 5) is 23.8. The first kappa shape index (κ1) is 24.4. The second-order valence-electron chi connectivity index (χ2n) is 7.28. The van der Waals surface area contributed by atoms with Crippen molar-refractivity contribution >= 4 is 34.8 Å². The predicted molar refractivity (Wildman–Crippen MR) is 123 cm³/mol. The third kappa shape index (κ3) is 8.78.